The first-order valence-electron chi connectivity index (χ1n) is 7.63. The summed E-state index contributed by atoms with van der Waals surface area (Å²) in [5, 5.41) is 6.30. The number of sulfonamides is 1. The van der Waals surface area contributed by atoms with Gasteiger partial charge in [-0.25, -0.2) is 12.7 Å². The number of carbonyl (C=O) groups excluding carboxylic acids is 1. The number of anilines is 2. The van der Waals surface area contributed by atoms with E-state index in [0.717, 1.165) is 10.6 Å². The van der Waals surface area contributed by atoms with Crippen LogP contribution < -0.4 is 14.4 Å². The first-order valence-corrected chi connectivity index (χ1v) is 9.47. The van der Waals surface area contributed by atoms with E-state index in [1.54, 1.807) is 31.2 Å². The molecule has 0 aliphatic rings. The van der Waals surface area contributed by atoms with Gasteiger partial charge in [0.25, 0.3) is 0 Å². The highest BCUT2D eigenvalue weighted by atomic mass is 32.2. The van der Waals surface area contributed by atoms with Crippen molar-refractivity contribution >= 4 is 27.4 Å². The lowest BCUT2D eigenvalue weighted by Gasteiger charge is -2.18. The minimum absolute atomic E-state index is 0.0506. The second-order valence-electron chi connectivity index (χ2n) is 5.80. The minimum atomic E-state index is -3.68. The Morgan fingerprint density at radius 1 is 1.32 bits per heavy atom. The molecule has 9 heteroatoms. The lowest BCUT2D eigenvalue weighted by molar-refractivity contribution is -0.114. The van der Waals surface area contributed by atoms with Crippen LogP contribution >= 0.6 is 0 Å². The lowest BCUT2D eigenvalue weighted by Crippen LogP contribution is -2.37. The molecular weight excluding hydrogens is 346 g/mol. The Bertz CT molecular complexity index is 828. The second-order valence-corrected chi connectivity index (χ2v) is 7.71. The third-order valence-electron chi connectivity index (χ3n) is 3.07. The summed E-state index contributed by atoms with van der Waals surface area (Å²) >= 11 is 0. The van der Waals surface area contributed by atoms with Crippen LogP contribution in [0.15, 0.2) is 34.9 Å². The molecule has 0 saturated carbocycles. The molecular formula is C16H21N3O5S. The van der Waals surface area contributed by atoms with Gasteiger partial charge in [0.2, 0.25) is 15.9 Å². The van der Waals surface area contributed by atoms with Crippen molar-refractivity contribution in [1.82, 2.24) is 5.16 Å². The van der Waals surface area contributed by atoms with E-state index in [0.29, 0.717) is 17.2 Å². The van der Waals surface area contributed by atoms with Gasteiger partial charge in [0.1, 0.15) is 18.1 Å². The van der Waals surface area contributed by atoms with Crippen molar-refractivity contribution in [1.29, 1.82) is 0 Å². The molecule has 0 aliphatic carbocycles. The van der Waals surface area contributed by atoms with Crippen LogP contribution in [0.1, 0.15) is 19.6 Å². The summed E-state index contributed by atoms with van der Waals surface area (Å²) in [5.41, 5.74) is 0.533. The number of amides is 1. The van der Waals surface area contributed by atoms with Crippen molar-refractivity contribution in [2.45, 2.75) is 26.9 Å². The van der Waals surface area contributed by atoms with Gasteiger partial charge in [-0.2, -0.15) is 0 Å². The van der Waals surface area contributed by atoms with Crippen LogP contribution in [-0.2, 0) is 14.8 Å². The quantitative estimate of drug-likeness (QED) is 0.805. The van der Waals surface area contributed by atoms with Crippen LogP contribution in [0.25, 0.3) is 0 Å². The zero-order chi connectivity index (χ0) is 18.6. The van der Waals surface area contributed by atoms with Gasteiger partial charge in [0.05, 0.1) is 12.4 Å². The van der Waals surface area contributed by atoms with Crippen LogP contribution in [0.5, 0.6) is 5.75 Å². The summed E-state index contributed by atoms with van der Waals surface area (Å²) in [4.78, 5) is 12.2. The van der Waals surface area contributed by atoms with E-state index in [4.69, 9.17) is 9.26 Å². The first-order chi connectivity index (χ1) is 11.6. The van der Waals surface area contributed by atoms with Crippen molar-refractivity contribution in [2.24, 2.45) is 0 Å². The molecule has 1 aromatic heterocycles. The molecule has 1 heterocycles. The highest BCUT2D eigenvalue weighted by Gasteiger charge is 2.23. The lowest BCUT2D eigenvalue weighted by atomic mass is 10.3. The van der Waals surface area contributed by atoms with Crippen LogP contribution in [0.3, 0.4) is 0 Å². The standard InChI is InChI=1S/C16H21N3O5S/c1-11(2)23-14-7-5-13(6-8-14)17-16(20)10-19(25(4,21)22)15-9-12(3)24-18-15/h5-9,11H,10H2,1-4H3,(H,17,20). The van der Waals surface area contributed by atoms with E-state index >= 15 is 0 Å². The van der Waals surface area contributed by atoms with Gasteiger partial charge in [-0.05, 0) is 45.0 Å². The molecule has 1 aromatic carbocycles. The number of hydrogen-bond acceptors (Lipinski definition) is 6. The van der Waals surface area contributed by atoms with E-state index in [2.05, 4.69) is 10.5 Å². The van der Waals surface area contributed by atoms with Crippen molar-refractivity contribution in [3.05, 3.63) is 36.1 Å². The third-order valence-corrected chi connectivity index (χ3v) is 4.19. The average Bonchev–Trinajstić information content (AvgIpc) is 2.91. The molecule has 1 amide bonds. The minimum Gasteiger partial charge on any atom is -0.491 e. The molecule has 1 N–H and O–H groups in total. The van der Waals surface area contributed by atoms with Crippen molar-refractivity contribution in [2.75, 3.05) is 22.4 Å². The zero-order valence-corrected chi connectivity index (χ0v) is 15.3. The molecule has 2 aromatic rings. The van der Waals surface area contributed by atoms with E-state index in [-0.39, 0.29) is 11.9 Å². The Labute approximate surface area is 146 Å². The smallest absolute Gasteiger partial charge is 0.245 e. The maximum absolute atomic E-state index is 12.2. The Kier molecular flexibility index (Phi) is 5.68. The summed E-state index contributed by atoms with van der Waals surface area (Å²) < 4.78 is 35.1. The van der Waals surface area contributed by atoms with Gasteiger partial charge < -0.3 is 14.6 Å². The van der Waals surface area contributed by atoms with Gasteiger partial charge in [0.15, 0.2) is 5.82 Å². The van der Waals surface area contributed by atoms with Gasteiger partial charge in [-0.3, -0.25) is 4.79 Å². The summed E-state index contributed by atoms with van der Waals surface area (Å²) in [5.74, 6) is 0.702. The van der Waals surface area contributed by atoms with Crippen LogP contribution in [0.4, 0.5) is 11.5 Å². The van der Waals surface area contributed by atoms with Crippen LogP contribution in [-0.4, -0.2) is 38.4 Å². The SMILES string of the molecule is Cc1cc(N(CC(=O)Nc2ccc(OC(C)C)cc2)S(C)(=O)=O)no1. The fourth-order valence-corrected chi connectivity index (χ4v) is 2.84. The highest BCUT2D eigenvalue weighted by Crippen LogP contribution is 2.19. The third kappa shape index (κ3) is 5.49. The number of hydrogen-bond donors (Lipinski definition) is 1. The Hall–Kier alpha value is -2.55. The second kappa shape index (κ2) is 7.56. The molecule has 0 aliphatic heterocycles. The summed E-state index contributed by atoms with van der Waals surface area (Å²) in [6.45, 7) is 5.06. The number of benzene rings is 1. The van der Waals surface area contributed by atoms with E-state index < -0.39 is 22.5 Å². The largest absolute Gasteiger partial charge is 0.491 e. The fraction of sp³-hybridized carbons (Fsp3) is 0.375. The Balaban J connectivity index is 2.06. The first kappa shape index (κ1) is 18.8. The molecule has 2 rings (SSSR count). The van der Waals surface area contributed by atoms with Gasteiger partial charge >= 0.3 is 0 Å². The summed E-state index contributed by atoms with van der Waals surface area (Å²) in [7, 11) is -3.68. The molecule has 0 unspecified atom stereocenters. The maximum atomic E-state index is 12.2. The topological polar surface area (TPSA) is 102 Å². The molecule has 0 bridgehead atoms. The summed E-state index contributed by atoms with van der Waals surface area (Å²) in [6, 6.07) is 8.27. The molecule has 25 heavy (non-hydrogen) atoms. The predicted octanol–water partition coefficient (Wildman–Crippen LogP) is 2.17. The van der Waals surface area contributed by atoms with Crippen LogP contribution in [0.2, 0.25) is 0 Å². The van der Waals surface area contributed by atoms with Gasteiger partial charge in [-0.15, -0.1) is 0 Å². The van der Waals surface area contributed by atoms with Gasteiger partial charge in [0, 0.05) is 11.8 Å². The van der Waals surface area contributed by atoms with Crippen molar-refractivity contribution in [3.8, 4) is 5.75 Å². The highest BCUT2D eigenvalue weighted by molar-refractivity contribution is 7.92. The molecule has 0 radical (unpaired) electrons. The number of nitrogens with zero attached hydrogens (tertiary/aromatic N) is 2. The number of ether oxygens (including phenoxy) is 1. The Morgan fingerprint density at radius 2 is 1.96 bits per heavy atom. The van der Waals surface area contributed by atoms with E-state index in [9.17, 15) is 13.2 Å². The number of nitrogens with one attached hydrogen (secondary N) is 1. The molecule has 0 spiro atoms. The number of rotatable bonds is 7. The molecule has 0 saturated heterocycles. The zero-order valence-electron chi connectivity index (χ0n) is 14.5. The molecule has 0 fully saturated rings. The number of aryl methyl sites for hydroxylation is 1. The van der Waals surface area contributed by atoms with Gasteiger partial charge in [-0.1, -0.05) is 5.16 Å². The number of aromatic nitrogens is 1. The summed E-state index contributed by atoms with van der Waals surface area (Å²) in [6.07, 6.45) is 1.05. The number of carbonyl (C=O) groups is 1. The molecule has 8 nitrogen and oxygen atoms in total. The van der Waals surface area contributed by atoms with E-state index in [1.807, 2.05) is 13.8 Å². The predicted molar refractivity (Wildman–Crippen MR) is 94.3 cm³/mol. The maximum Gasteiger partial charge on any atom is 0.245 e. The molecule has 0 atom stereocenters. The molecule has 136 valence electrons. The van der Waals surface area contributed by atoms with Crippen molar-refractivity contribution < 1.29 is 22.5 Å². The normalized spacial score (nSPS) is 11.4. The Morgan fingerprint density at radius 3 is 2.44 bits per heavy atom. The van der Waals surface area contributed by atoms with Crippen molar-refractivity contribution in [3.63, 3.8) is 0 Å². The van der Waals surface area contributed by atoms with Crippen LogP contribution in [0, 0.1) is 6.92 Å². The monoisotopic (exact) mass is 367 g/mol. The van der Waals surface area contributed by atoms with E-state index in [1.165, 1.54) is 6.07 Å². The fourth-order valence-electron chi connectivity index (χ4n) is 2.06. The average molecular weight is 367 g/mol.